The van der Waals surface area contributed by atoms with Gasteiger partial charge in [0, 0.05) is 32.2 Å². The number of carbonyl (C=O) groups excluding carboxylic acids is 1. The maximum atomic E-state index is 11.9. The molecule has 0 bridgehead atoms. The summed E-state index contributed by atoms with van der Waals surface area (Å²) < 4.78 is 0. The number of nitrogens with zero attached hydrogens (tertiary/aromatic N) is 1. The van der Waals surface area contributed by atoms with Crippen molar-refractivity contribution in [1.29, 1.82) is 0 Å². The van der Waals surface area contributed by atoms with E-state index in [0.717, 1.165) is 26.2 Å². The van der Waals surface area contributed by atoms with Crippen LogP contribution in [-0.4, -0.2) is 49.1 Å². The van der Waals surface area contributed by atoms with Crippen LogP contribution >= 0.6 is 12.4 Å². The number of piperazine rings is 1. The second-order valence-electron chi connectivity index (χ2n) is 5.17. The summed E-state index contributed by atoms with van der Waals surface area (Å²) in [5.41, 5.74) is 0. The van der Waals surface area contributed by atoms with E-state index in [1.165, 1.54) is 0 Å². The zero-order chi connectivity index (χ0) is 12.1. The molecule has 2 atom stereocenters. The van der Waals surface area contributed by atoms with Gasteiger partial charge >= 0.3 is 0 Å². The van der Waals surface area contributed by atoms with Crippen molar-refractivity contribution in [1.82, 2.24) is 15.5 Å². The van der Waals surface area contributed by atoms with E-state index in [1.807, 2.05) is 6.92 Å². The minimum absolute atomic E-state index is 0. The zero-order valence-electron chi connectivity index (χ0n) is 11.3. The van der Waals surface area contributed by atoms with Crippen LogP contribution in [0, 0.1) is 5.92 Å². The molecule has 17 heavy (non-hydrogen) atoms. The standard InChI is InChI=1S/C12H25N3O.ClH/c1-9(2)7-14-12(16)11(4)15-6-5-13-10(3)8-15;/h9-11,13H,5-8H2,1-4H3,(H,14,16);1H. The fourth-order valence-electron chi connectivity index (χ4n) is 1.93. The largest absolute Gasteiger partial charge is 0.354 e. The number of nitrogens with one attached hydrogen (secondary N) is 2. The summed E-state index contributed by atoms with van der Waals surface area (Å²) in [5.74, 6) is 0.667. The first-order chi connectivity index (χ1) is 7.50. The lowest BCUT2D eigenvalue weighted by molar-refractivity contribution is -0.126. The molecular weight excluding hydrogens is 238 g/mol. The molecule has 1 rings (SSSR count). The van der Waals surface area contributed by atoms with Crippen molar-refractivity contribution >= 4 is 18.3 Å². The van der Waals surface area contributed by atoms with Gasteiger partial charge in [-0.3, -0.25) is 9.69 Å². The summed E-state index contributed by atoms with van der Waals surface area (Å²) >= 11 is 0. The van der Waals surface area contributed by atoms with E-state index in [9.17, 15) is 4.79 Å². The van der Waals surface area contributed by atoms with Crippen LogP contribution in [0.1, 0.15) is 27.7 Å². The van der Waals surface area contributed by atoms with Crippen LogP contribution in [0.2, 0.25) is 0 Å². The van der Waals surface area contributed by atoms with Gasteiger partial charge in [-0.1, -0.05) is 13.8 Å². The Labute approximate surface area is 111 Å². The first kappa shape index (κ1) is 16.7. The average Bonchev–Trinajstić information content (AvgIpc) is 2.24. The van der Waals surface area contributed by atoms with Crippen molar-refractivity contribution in [2.75, 3.05) is 26.2 Å². The minimum Gasteiger partial charge on any atom is -0.354 e. The lowest BCUT2D eigenvalue weighted by Crippen LogP contribution is -2.56. The van der Waals surface area contributed by atoms with Crippen molar-refractivity contribution in [3.63, 3.8) is 0 Å². The summed E-state index contributed by atoms with van der Waals surface area (Å²) in [7, 11) is 0. The third-order valence-electron chi connectivity index (χ3n) is 3.01. The molecule has 1 fully saturated rings. The highest BCUT2D eigenvalue weighted by Gasteiger charge is 2.24. The molecule has 1 aliphatic heterocycles. The first-order valence-corrected chi connectivity index (χ1v) is 6.26. The molecule has 4 nitrogen and oxygen atoms in total. The molecule has 1 heterocycles. The lowest BCUT2D eigenvalue weighted by atomic mass is 10.1. The maximum Gasteiger partial charge on any atom is 0.237 e. The van der Waals surface area contributed by atoms with Crippen LogP contribution in [0.25, 0.3) is 0 Å². The Kier molecular flexibility index (Phi) is 7.75. The maximum absolute atomic E-state index is 11.9. The second-order valence-corrected chi connectivity index (χ2v) is 5.17. The van der Waals surface area contributed by atoms with E-state index in [2.05, 4.69) is 36.3 Å². The predicted molar refractivity (Wildman–Crippen MR) is 73.6 cm³/mol. The van der Waals surface area contributed by atoms with Gasteiger partial charge in [-0.15, -0.1) is 12.4 Å². The van der Waals surface area contributed by atoms with Crippen molar-refractivity contribution in [3.8, 4) is 0 Å². The van der Waals surface area contributed by atoms with Gasteiger partial charge in [0.1, 0.15) is 0 Å². The summed E-state index contributed by atoms with van der Waals surface area (Å²) in [6.07, 6.45) is 0. The Hall–Kier alpha value is -0.320. The molecule has 1 aliphatic rings. The van der Waals surface area contributed by atoms with Crippen LogP contribution < -0.4 is 10.6 Å². The van der Waals surface area contributed by atoms with E-state index in [-0.39, 0.29) is 24.4 Å². The molecule has 0 aromatic rings. The van der Waals surface area contributed by atoms with Gasteiger partial charge in [0.2, 0.25) is 5.91 Å². The summed E-state index contributed by atoms with van der Waals surface area (Å²) in [5, 5.41) is 6.38. The minimum atomic E-state index is -0.0108. The number of hydrogen-bond donors (Lipinski definition) is 2. The first-order valence-electron chi connectivity index (χ1n) is 6.26. The molecule has 102 valence electrons. The Morgan fingerprint density at radius 2 is 2.12 bits per heavy atom. The molecule has 2 N–H and O–H groups in total. The van der Waals surface area contributed by atoms with Gasteiger partial charge in [-0.25, -0.2) is 0 Å². The van der Waals surface area contributed by atoms with Gasteiger partial charge < -0.3 is 10.6 Å². The smallest absolute Gasteiger partial charge is 0.237 e. The van der Waals surface area contributed by atoms with Crippen molar-refractivity contribution < 1.29 is 4.79 Å². The molecular formula is C12H26ClN3O. The Morgan fingerprint density at radius 3 is 2.65 bits per heavy atom. The second kappa shape index (κ2) is 7.90. The fraction of sp³-hybridized carbons (Fsp3) is 0.917. The Bertz CT molecular complexity index is 236. The van der Waals surface area contributed by atoms with E-state index >= 15 is 0 Å². The highest BCUT2D eigenvalue weighted by Crippen LogP contribution is 2.04. The van der Waals surface area contributed by atoms with Gasteiger partial charge in [-0.2, -0.15) is 0 Å². The summed E-state index contributed by atoms with van der Waals surface area (Å²) in [4.78, 5) is 14.1. The van der Waals surface area contributed by atoms with Gasteiger partial charge in [0.25, 0.3) is 0 Å². The molecule has 2 unspecified atom stereocenters. The highest BCUT2D eigenvalue weighted by molar-refractivity contribution is 5.85. The number of halogens is 1. The lowest BCUT2D eigenvalue weighted by Gasteiger charge is -2.35. The molecule has 0 aliphatic carbocycles. The quantitative estimate of drug-likeness (QED) is 0.791. The summed E-state index contributed by atoms with van der Waals surface area (Å²) in [6, 6.07) is 0.470. The highest BCUT2D eigenvalue weighted by atomic mass is 35.5. The van der Waals surface area contributed by atoms with Gasteiger partial charge in [0.05, 0.1) is 6.04 Å². The van der Waals surface area contributed by atoms with E-state index in [0.29, 0.717) is 12.0 Å². The van der Waals surface area contributed by atoms with Gasteiger partial charge in [0.15, 0.2) is 0 Å². The SMILES string of the molecule is CC(C)CNC(=O)C(C)N1CCNC(C)C1.Cl. The fourth-order valence-corrected chi connectivity index (χ4v) is 1.93. The van der Waals surface area contributed by atoms with Crippen molar-refractivity contribution in [2.45, 2.75) is 39.8 Å². The number of hydrogen-bond acceptors (Lipinski definition) is 3. The molecule has 1 amide bonds. The van der Waals surface area contributed by atoms with Crippen LogP contribution in [0.3, 0.4) is 0 Å². The molecule has 0 radical (unpaired) electrons. The molecule has 0 aromatic carbocycles. The molecule has 0 spiro atoms. The number of carbonyl (C=O) groups is 1. The molecule has 0 saturated carbocycles. The van der Waals surface area contributed by atoms with Gasteiger partial charge in [-0.05, 0) is 19.8 Å². The third kappa shape index (κ3) is 5.70. The zero-order valence-corrected chi connectivity index (χ0v) is 12.1. The van der Waals surface area contributed by atoms with E-state index in [1.54, 1.807) is 0 Å². The number of rotatable bonds is 4. The molecule has 5 heteroatoms. The predicted octanol–water partition coefficient (Wildman–Crippen LogP) is 0.863. The van der Waals surface area contributed by atoms with Crippen LogP contribution in [0.5, 0.6) is 0 Å². The topological polar surface area (TPSA) is 44.4 Å². The third-order valence-corrected chi connectivity index (χ3v) is 3.01. The monoisotopic (exact) mass is 263 g/mol. The Balaban J connectivity index is 0.00000256. The van der Waals surface area contributed by atoms with Crippen LogP contribution in [-0.2, 0) is 4.79 Å². The number of amides is 1. The van der Waals surface area contributed by atoms with Crippen molar-refractivity contribution in [2.24, 2.45) is 5.92 Å². The Morgan fingerprint density at radius 1 is 1.47 bits per heavy atom. The molecule has 1 saturated heterocycles. The summed E-state index contributed by atoms with van der Waals surface area (Å²) in [6.45, 7) is 12.0. The van der Waals surface area contributed by atoms with E-state index < -0.39 is 0 Å². The van der Waals surface area contributed by atoms with Crippen molar-refractivity contribution in [3.05, 3.63) is 0 Å². The van der Waals surface area contributed by atoms with E-state index in [4.69, 9.17) is 0 Å². The molecule has 0 aromatic heterocycles. The van der Waals surface area contributed by atoms with Crippen LogP contribution in [0.4, 0.5) is 0 Å². The van der Waals surface area contributed by atoms with Crippen LogP contribution in [0.15, 0.2) is 0 Å². The normalized spacial score (nSPS) is 23.0. The average molecular weight is 264 g/mol.